The van der Waals surface area contributed by atoms with Crippen LogP contribution >= 0.6 is 0 Å². The molecule has 8 nitrogen and oxygen atoms in total. The maximum absolute atomic E-state index is 13.7. The standard InChI is InChI=1S/C18H13FN6O2/c19-13-6-1-2-7-14(13)23-18-20-9-15(27-18)11-4-3-5-12(8-11)16(26)24-17-21-10-22-25-17/h1-10H,(H,20,23)(H2,21,22,24,25,26). The molecule has 0 fully saturated rings. The predicted octanol–water partition coefficient (Wildman–Crippen LogP) is 3.59. The molecule has 27 heavy (non-hydrogen) atoms. The number of carbonyl (C=O) groups excluding carboxylic acids is 1. The van der Waals surface area contributed by atoms with Crippen molar-refractivity contribution in [2.24, 2.45) is 0 Å². The second-order valence-electron chi connectivity index (χ2n) is 5.50. The van der Waals surface area contributed by atoms with Gasteiger partial charge in [-0.05, 0) is 24.3 Å². The number of para-hydroxylation sites is 1. The van der Waals surface area contributed by atoms with Gasteiger partial charge in [-0.2, -0.15) is 10.1 Å². The molecule has 1 amide bonds. The van der Waals surface area contributed by atoms with Gasteiger partial charge in [-0.15, -0.1) is 0 Å². The molecule has 0 atom stereocenters. The second-order valence-corrected chi connectivity index (χ2v) is 5.50. The van der Waals surface area contributed by atoms with Gasteiger partial charge in [0.1, 0.15) is 12.1 Å². The van der Waals surface area contributed by atoms with Gasteiger partial charge >= 0.3 is 0 Å². The largest absolute Gasteiger partial charge is 0.423 e. The van der Waals surface area contributed by atoms with E-state index in [9.17, 15) is 9.18 Å². The third-order valence-corrected chi connectivity index (χ3v) is 3.68. The van der Waals surface area contributed by atoms with Crippen molar-refractivity contribution < 1.29 is 13.6 Å². The van der Waals surface area contributed by atoms with Crippen LogP contribution in [0.2, 0.25) is 0 Å². The van der Waals surface area contributed by atoms with Crippen molar-refractivity contribution in [2.45, 2.75) is 0 Å². The van der Waals surface area contributed by atoms with E-state index in [2.05, 4.69) is 30.8 Å². The summed E-state index contributed by atoms with van der Waals surface area (Å²) in [6, 6.07) is 13.2. The first-order valence-electron chi connectivity index (χ1n) is 7.93. The highest BCUT2D eigenvalue weighted by Crippen LogP contribution is 2.26. The number of aromatic nitrogens is 4. The minimum Gasteiger partial charge on any atom is -0.423 e. The van der Waals surface area contributed by atoms with Crippen LogP contribution in [0.15, 0.2) is 65.5 Å². The number of anilines is 3. The Labute approximate surface area is 152 Å². The number of benzene rings is 2. The number of nitrogens with one attached hydrogen (secondary N) is 3. The second kappa shape index (κ2) is 7.08. The van der Waals surface area contributed by atoms with E-state index in [0.29, 0.717) is 16.9 Å². The van der Waals surface area contributed by atoms with Gasteiger partial charge in [0.05, 0.1) is 11.9 Å². The van der Waals surface area contributed by atoms with E-state index in [4.69, 9.17) is 4.42 Å². The molecule has 4 aromatic rings. The first-order chi connectivity index (χ1) is 13.2. The van der Waals surface area contributed by atoms with Crippen LogP contribution in [0.5, 0.6) is 0 Å². The normalized spacial score (nSPS) is 10.6. The Morgan fingerprint density at radius 1 is 1.11 bits per heavy atom. The molecule has 0 aliphatic heterocycles. The Hall–Kier alpha value is -4.01. The summed E-state index contributed by atoms with van der Waals surface area (Å²) in [4.78, 5) is 20.2. The average Bonchev–Trinajstić information content (AvgIpc) is 3.36. The molecule has 2 aromatic carbocycles. The molecular weight excluding hydrogens is 351 g/mol. The van der Waals surface area contributed by atoms with E-state index in [1.165, 1.54) is 18.6 Å². The molecule has 2 heterocycles. The molecule has 0 aliphatic rings. The molecule has 0 saturated heterocycles. The first-order valence-corrected chi connectivity index (χ1v) is 7.93. The minimum absolute atomic E-state index is 0.145. The van der Waals surface area contributed by atoms with E-state index in [1.807, 2.05) is 0 Å². The summed E-state index contributed by atoms with van der Waals surface area (Å²) in [7, 11) is 0. The Kier molecular flexibility index (Phi) is 4.32. The van der Waals surface area contributed by atoms with Gasteiger partial charge in [-0.3, -0.25) is 10.1 Å². The van der Waals surface area contributed by atoms with Crippen LogP contribution in [-0.4, -0.2) is 26.1 Å². The van der Waals surface area contributed by atoms with E-state index in [0.717, 1.165) is 0 Å². The number of aromatic amines is 1. The molecular formula is C18H13FN6O2. The van der Waals surface area contributed by atoms with E-state index in [-0.39, 0.29) is 23.6 Å². The number of halogens is 1. The van der Waals surface area contributed by atoms with Crippen molar-refractivity contribution >= 4 is 23.6 Å². The zero-order chi connectivity index (χ0) is 18.6. The number of carbonyl (C=O) groups is 1. The van der Waals surface area contributed by atoms with Gasteiger partial charge in [0.25, 0.3) is 11.9 Å². The van der Waals surface area contributed by atoms with Crippen LogP contribution in [0.1, 0.15) is 10.4 Å². The molecule has 3 N–H and O–H groups in total. The highest BCUT2D eigenvalue weighted by atomic mass is 19.1. The van der Waals surface area contributed by atoms with Crippen molar-refractivity contribution in [3.05, 3.63) is 72.4 Å². The van der Waals surface area contributed by atoms with Gasteiger partial charge in [0, 0.05) is 11.1 Å². The summed E-state index contributed by atoms with van der Waals surface area (Å²) in [6.45, 7) is 0. The van der Waals surface area contributed by atoms with Crippen molar-refractivity contribution in [3.8, 4) is 11.3 Å². The van der Waals surface area contributed by atoms with Crippen LogP contribution < -0.4 is 10.6 Å². The maximum atomic E-state index is 13.7. The number of oxazole rings is 1. The minimum atomic E-state index is -0.414. The lowest BCUT2D eigenvalue weighted by Gasteiger charge is -2.04. The summed E-state index contributed by atoms with van der Waals surface area (Å²) in [5.41, 5.74) is 1.31. The lowest BCUT2D eigenvalue weighted by atomic mass is 10.1. The van der Waals surface area contributed by atoms with E-state index >= 15 is 0 Å². The fourth-order valence-corrected chi connectivity index (χ4v) is 2.40. The quantitative estimate of drug-likeness (QED) is 0.499. The number of hydrogen-bond donors (Lipinski definition) is 3. The molecule has 0 bridgehead atoms. The summed E-state index contributed by atoms with van der Waals surface area (Å²) < 4.78 is 19.3. The average molecular weight is 364 g/mol. The third-order valence-electron chi connectivity index (χ3n) is 3.68. The lowest BCUT2D eigenvalue weighted by Crippen LogP contribution is -2.12. The summed E-state index contributed by atoms with van der Waals surface area (Å²) in [5, 5.41) is 11.6. The third kappa shape index (κ3) is 3.66. The highest BCUT2D eigenvalue weighted by molar-refractivity contribution is 6.03. The molecule has 0 unspecified atom stereocenters. The molecule has 2 aromatic heterocycles. The number of nitrogens with zero attached hydrogens (tertiary/aromatic N) is 3. The van der Waals surface area contributed by atoms with Crippen LogP contribution in [0.3, 0.4) is 0 Å². The molecule has 134 valence electrons. The zero-order valence-corrected chi connectivity index (χ0v) is 13.8. The fourth-order valence-electron chi connectivity index (χ4n) is 2.40. The van der Waals surface area contributed by atoms with Gasteiger partial charge in [-0.25, -0.2) is 14.5 Å². The number of rotatable bonds is 5. The monoisotopic (exact) mass is 364 g/mol. The number of H-pyrrole nitrogens is 1. The lowest BCUT2D eigenvalue weighted by molar-refractivity contribution is 0.102. The Balaban J connectivity index is 1.53. The van der Waals surface area contributed by atoms with E-state index in [1.54, 1.807) is 42.5 Å². The molecule has 4 rings (SSSR count). The van der Waals surface area contributed by atoms with Crippen molar-refractivity contribution in [2.75, 3.05) is 10.6 Å². The molecule has 0 spiro atoms. The zero-order valence-electron chi connectivity index (χ0n) is 13.8. The van der Waals surface area contributed by atoms with Gasteiger partial charge < -0.3 is 9.73 Å². The van der Waals surface area contributed by atoms with Gasteiger partial charge in [0.15, 0.2) is 5.76 Å². The van der Waals surface area contributed by atoms with Crippen molar-refractivity contribution in [1.82, 2.24) is 20.2 Å². The van der Waals surface area contributed by atoms with Gasteiger partial charge in [0.2, 0.25) is 5.95 Å². The summed E-state index contributed by atoms with van der Waals surface area (Å²) in [5.74, 6) is -0.0780. The maximum Gasteiger partial charge on any atom is 0.299 e. The number of hydrogen-bond acceptors (Lipinski definition) is 6. The van der Waals surface area contributed by atoms with Crippen LogP contribution in [0, 0.1) is 5.82 Å². The SMILES string of the molecule is O=C(Nc1ncn[nH]1)c1cccc(-c2cnc(Nc3ccccc3F)o2)c1. The molecule has 0 saturated carbocycles. The van der Waals surface area contributed by atoms with Crippen molar-refractivity contribution in [1.29, 1.82) is 0 Å². The van der Waals surface area contributed by atoms with Crippen molar-refractivity contribution in [3.63, 3.8) is 0 Å². The smallest absolute Gasteiger partial charge is 0.299 e. The molecule has 9 heteroatoms. The Morgan fingerprint density at radius 2 is 2.00 bits per heavy atom. The number of amides is 1. The summed E-state index contributed by atoms with van der Waals surface area (Å²) in [6.07, 6.45) is 2.79. The highest BCUT2D eigenvalue weighted by Gasteiger charge is 2.12. The fraction of sp³-hybridized carbons (Fsp3) is 0. The molecule has 0 radical (unpaired) electrons. The van der Waals surface area contributed by atoms with Crippen LogP contribution in [-0.2, 0) is 0 Å². The summed E-state index contributed by atoms with van der Waals surface area (Å²) >= 11 is 0. The van der Waals surface area contributed by atoms with Crippen LogP contribution in [0.4, 0.5) is 22.0 Å². The van der Waals surface area contributed by atoms with Gasteiger partial charge in [-0.1, -0.05) is 24.3 Å². The first kappa shape index (κ1) is 16.5. The predicted molar refractivity (Wildman–Crippen MR) is 96.0 cm³/mol. The topological polar surface area (TPSA) is 109 Å². The Bertz CT molecular complexity index is 1080. The van der Waals surface area contributed by atoms with Crippen LogP contribution in [0.25, 0.3) is 11.3 Å². The Morgan fingerprint density at radius 3 is 2.81 bits per heavy atom. The van der Waals surface area contributed by atoms with E-state index < -0.39 is 5.82 Å². The molecule has 0 aliphatic carbocycles.